The summed E-state index contributed by atoms with van der Waals surface area (Å²) in [5.41, 5.74) is -3.90. The smallest absolute Gasteiger partial charge is 0.282 e. The van der Waals surface area contributed by atoms with Gasteiger partial charge in [-0.05, 0) is 12.8 Å². The van der Waals surface area contributed by atoms with Gasteiger partial charge < -0.3 is 50.5 Å². The molecular weight excluding hydrogens is 366 g/mol. The number of hydrogen-bond acceptors (Lipinski definition) is 10. The Labute approximate surface area is 153 Å². The third-order valence-electron chi connectivity index (χ3n) is 4.94. The van der Waals surface area contributed by atoms with Gasteiger partial charge in [0, 0.05) is 12.8 Å². The van der Waals surface area contributed by atoms with Gasteiger partial charge in [0.05, 0.1) is 19.1 Å². The lowest BCUT2D eigenvalue weighted by Gasteiger charge is -2.34. The number of nitrogens with one attached hydrogen (secondary N) is 1. The summed E-state index contributed by atoms with van der Waals surface area (Å²) < 4.78 is 10.3. The van der Waals surface area contributed by atoms with Crippen LogP contribution in [-0.2, 0) is 10.4 Å². The molecule has 11 nitrogen and oxygen atoms in total. The number of methoxy groups -OCH3 is 1. The van der Waals surface area contributed by atoms with E-state index in [4.69, 9.17) is 9.47 Å². The fourth-order valence-electron chi connectivity index (χ4n) is 3.52. The Morgan fingerprint density at radius 1 is 0.926 bits per heavy atom. The van der Waals surface area contributed by atoms with Crippen molar-refractivity contribution in [2.45, 2.75) is 49.4 Å². The third kappa shape index (κ3) is 2.79. The zero-order chi connectivity index (χ0) is 20.2. The van der Waals surface area contributed by atoms with Crippen molar-refractivity contribution in [2.75, 3.05) is 7.11 Å². The highest BCUT2D eigenvalue weighted by Crippen LogP contribution is 2.58. The van der Waals surface area contributed by atoms with E-state index in [-0.39, 0.29) is 12.8 Å². The van der Waals surface area contributed by atoms with Gasteiger partial charge in [0.15, 0.2) is 17.1 Å². The van der Waals surface area contributed by atoms with Crippen LogP contribution in [0.4, 0.5) is 0 Å². The first kappa shape index (κ1) is 19.3. The van der Waals surface area contributed by atoms with Crippen LogP contribution in [0.25, 0.3) is 0 Å². The fraction of sp³-hybridized carbons (Fsp3) is 0.562. The average Bonchev–Trinajstić information content (AvgIpc) is 3.06. The molecule has 0 bridgehead atoms. The lowest BCUT2D eigenvalue weighted by Crippen LogP contribution is -2.55. The molecule has 150 valence electrons. The normalized spacial score (nSPS) is 26.0. The van der Waals surface area contributed by atoms with Crippen LogP contribution in [0.5, 0.6) is 28.7 Å². The van der Waals surface area contributed by atoms with Crippen molar-refractivity contribution in [3.8, 4) is 28.7 Å². The molecule has 1 saturated heterocycles. The summed E-state index contributed by atoms with van der Waals surface area (Å²) in [4.78, 5) is 11.6. The van der Waals surface area contributed by atoms with Crippen LogP contribution in [0.3, 0.4) is 0 Å². The Kier molecular flexibility index (Phi) is 4.30. The maximum absolute atomic E-state index is 11.6. The van der Waals surface area contributed by atoms with Gasteiger partial charge in [-0.25, -0.2) is 0 Å². The van der Waals surface area contributed by atoms with E-state index in [2.05, 4.69) is 0 Å². The number of aliphatic hydroxyl groups is 4. The molecule has 2 fully saturated rings. The Morgan fingerprint density at radius 3 is 2.00 bits per heavy atom. The standard InChI is InChI=1S/C16H21NO10/c1-26-12-11(21)9(19)8(15(23)6-7(18)17-16(15,24)25)10(20)13(12)27-14(22)4-2-3-5-14/h19-25H,2-6H2,1H3,(H,17,18). The molecule has 1 aromatic carbocycles. The van der Waals surface area contributed by atoms with Gasteiger partial charge in [0.2, 0.25) is 28.9 Å². The van der Waals surface area contributed by atoms with Crippen molar-refractivity contribution in [2.24, 2.45) is 0 Å². The van der Waals surface area contributed by atoms with Gasteiger partial charge in [0.1, 0.15) is 0 Å². The van der Waals surface area contributed by atoms with Crippen LogP contribution in [0.15, 0.2) is 0 Å². The second kappa shape index (κ2) is 6.02. The van der Waals surface area contributed by atoms with Crippen LogP contribution in [0.2, 0.25) is 0 Å². The van der Waals surface area contributed by atoms with Gasteiger partial charge in [-0.1, -0.05) is 0 Å². The van der Waals surface area contributed by atoms with E-state index in [0.717, 1.165) is 7.11 Å². The molecule has 27 heavy (non-hydrogen) atoms. The van der Waals surface area contributed by atoms with Gasteiger partial charge in [-0.15, -0.1) is 0 Å². The maximum Gasteiger partial charge on any atom is 0.282 e. The predicted molar refractivity (Wildman–Crippen MR) is 85.9 cm³/mol. The molecule has 1 amide bonds. The molecule has 0 spiro atoms. The minimum absolute atomic E-state index is 0.209. The van der Waals surface area contributed by atoms with Crippen LogP contribution in [0, 0.1) is 0 Å². The summed E-state index contributed by atoms with van der Waals surface area (Å²) in [5.74, 6) is -10.3. The minimum atomic E-state index is -3.26. The largest absolute Gasteiger partial charge is 0.504 e. The van der Waals surface area contributed by atoms with Crippen molar-refractivity contribution < 1.29 is 50.0 Å². The molecule has 1 unspecified atom stereocenters. The van der Waals surface area contributed by atoms with Crippen LogP contribution in [0.1, 0.15) is 37.7 Å². The van der Waals surface area contributed by atoms with Crippen molar-refractivity contribution in [3.63, 3.8) is 0 Å². The van der Waals surface area contributed by atoms with Crippen molar-refractivity contribution in [3.05, 3.63) is 5.56 Å². The van der Waals surface area contributed by atoms with Crippen LogP contribution >= 0.6 is 0 Å². The Morgan fingerprint density at radius 2 is 1.52 bits per heavy atom. The lowest BCUT2D eigenvalue weighted by molar-refractivity contribution is -0.276. The highest BCUT2D eigenvalue weighted by atomic mass is 16.6. The Hall–Kier alpha value is -2.47. The SMILES string of the molecule is COc1c(O)c(O)c(C2(O)CC(=O)NC2(O)O)c(O)c1OC1(O)CCCC1. The summed E-state index contributed by atoms with van der Waals surface area (Å²) >= 11 is 0. The van der Waals surface area contributed by atoms with E-state index in [9.17, 15) is 40.5 Å². The van der Waals surface area contributed by atoms with E-state index >= 15 is 0 Å². The number of benzene rings is 1. The monoisotopic (exact) mass is 387 g/mol. The van der Waals surface area contributed by atoms with Crippen molar-refractivity contribution >= 4 is 5.91 Å². The van der Waals surface area contributed by atoms with Crippen molar-refractivity contribution in [1.82, 2.24) is 5.32 Å². The van der Waals surface area contributed by atoms with Crippen LogP contribution < -0.4 is 14.8 Å². The molecule has 0 radical (unpaired) electrons. The quantitative estimate of drug-likeness (QED) is 0.177. The number of phenolic OH excluding ortho intramolecular Hbond substituents is 3. The number of phenols is 3. The van der Waals surface area contributed by atoms with Gasteiger partial charge in [-0.2, -0.15) is 0 Å². The molecule has 8 N–H and O–H groups in total. The fourth-order valence-corrected chi connectivity index (χ4v) is 3.52. The number of rotatable bonds is 4. The molecule has 1 aromatic rings. The average molecular weight is 387 g/mol. The van der Waals surface area contributed by atoms with E-state index in [1.54, 1.807) is 5.32 Å². The summed E-state index contributed by atoms with van der Waals surface area (Å²) in [5, 5.41) is 73.9. The van der Waals surface area contributed by atoms with E-state index < -0.39 is 63.9 Å². The number of carbonyl (C=O) groups is 1. The molecule has 0 aromatic heterocycles. The van der Waals surface area contributed by atoms with E-state index in [1.807, 2.05) is 0 Å². The summed E-state index contributed by atoms with van der Waals surface area (Å²) in [6.07, 6.45) is 0.739. The predicted octanol–water partition coefficient (Wildman–Crippen LogP) is -1.20. The van der Waals surface area contributed by atoms with Crippen molar-refractivity contribution in [1.29, 1.82) is 0 Å². The first-order valence-electron chi connectivity index (χ1n) is 8.20. The molecule has 3 rings (SSSR count). The van der Waals surface area contributed by atoms with Crippen LogP contribution in [-0.4, -0.2) is 60.5 Å². The van der Waals surface area contributed by atoms with E-state index in [1.165, 1.54) is 0 Å². The molecule has 11 heteroatoms. The van der Waals surface area contributed by atoms with E-state index in [0.29, 0.717) is 12.8 Å². The third-order valence-corrected chi connectivity index (χ3v) is 4.94. The Bertz CT molecular complexity index is 786. The lowest BCUT2D eigenvalue weighted by atomic mass is 9.87. The first-order chi connectivity index (χ1) is 12.5. The zero-order valence-electron chi connectivity index (χ0n) is 14.4. The molecule has 1 aliphatic carbocycles. The second-order valence-corrected chi connectivity index (χ2v) is 6.80. The number of aromatic hydroxyl groups is 3. The van der Waals surface area contributed by atoms with Gasteiger partial charge in [0.25, 0.3) is 5.91 Å². The molecule has 1 saturated carbocycles. The first-order valence-corrected chi connectivity index (χ1v) is 8.20. The summed E-state index contributed by atoms with van der Waals surface area (Å²) in [6, 6.07) is 0. The highest BCUT2D eigenvalue weighted by Gasteiger charge is 2.61. The molecule has 2 aliphatic rings. The summed E-state index contributed by atoms with van der Waals surface area (Å²) in [7, 11) is 1.09. The highest BCUT2D eigenvalue weighted by molar-refractivity contribution is 5.83. The summed E-state index contributed by atoms with van der Waals surface area (Å²) in [6.45, 7) is 0. The minimum Gasteiger partial charge on any atom is -0.504 e. The van der Waals surface area contributed by atoms with Gasteiger partial charge >= 0.3 is 0 Å². The maximum atomic E-state index is 11.6. The molecule has 1 heterocycles. The number of carbonyl (C=O) groups excluding carboxylic acids is 1. The Balaban J connectivity index is 2.23. The number of hydrogen-bond donors (Lipinski definition) is 8. The topological polar surface area (TPSA) is 189 Å². The molecule has 1 atom stereocenters. The zero-order valence-corrected chi connectivity index (χ0v) is 14.4. The molecular formula is C16H21NO10. The van der Waals surface area contributed by atoms with Gasteiger partial charge in [-0.3, -0.25) is 4.79 Å². The second-order valence-electron chi connectivity index (χ2n) is 6.80. The number of ether oxygens (including phenoxy) is 2. The number of amides is 1. The molecule has 1 aliphatic heterocycles.